The molecule has 1 saturated heterocycles. The van der Waals surface area contributed by atoms with E-state index in [1.165, 1.54) is 24.7 Å². The van der Waals surface area contributed by atoms with Gasteiger partial charge in [0.05, 0.1) is 25.8 Å². The van der Waals surface area contributed by atoms with Gasteiger partial charge in [-0.1, -0.05) is 32.9 Å². The third kappa shape index (κ3) is 6.91. The van der Waals surface area contributed by atoms with E-state index in [-0.39, 0.29) is 24.3 Å². The lowest BCUT2D eigenvalue weighted by Gasteiger charge is -2.19. The first-order valence-corrected chi connectivity index (χ1v) is 12.9. The molecule has 210 valence electrons. The van der Waals surface area contributed by atoms with Gasteiger partial charge < -0.3 is 29.2 Å². The Labute approximate surface area is 234 Å². The van der Waals surface area contributed by atoms with Crippen LogP contribution in [0.5, 0.6) is 23.0 Å². The van der Waals surface area contributed by atoms with Gasteiger partial charge in [-0.2, -0.15) is 0 Å². The summed E-state index contributed by atoms with van der Waals surface area (Å²) >= 11 is 0. The van der Waals surface area contributed by atoms with Crippen LogP contribution >= 0.6 is 0 Å². The summed E-state index contributed by atoms with van der Waals surface area (Å²) < 4.78 is 21.6. The Morgan fingerprint density at radius 3 is 2.12 bits per heavy atom. The predicted molar refractivity (Wildman–Crippen MR) is 151 cm³/mol. The van der Waals surface area contributed by atoms with Crippen LogP contribution in [0.4, 0.5) is 11.4 Å². The average molecular weight is 547 g/mol. The average Bonchev–Trinajstić information content (AvgIpc) is 3.33. The fourth-order valence-electron chi connectivity index (χ4n) is 4.32. The Hall–Kier alpha value is -4.53. The van der Waals surface area contributed by atoms with Gasteiger partial charge in [-0.3, -0.25) is 14.4 Å². The van der Waals surface area contributed by atoms with E-state index < -0.39 is 24.4 Å². The van der Waals surface area contributed by atoms with Crippen LogP contribution in [-0.2, 0) is 24.5 Å². The van der Waals surface area contributed by atoms with Gasteiger partial charge >= 0.3 is 5.97 Å². The second-order valence-electron chi connectivity index (χ2n) is 10.5. The quantitative estimate of drug-likeness (QED) is 0.362. The number of rotatable bonds is 9. The van der Waals surface area contributed by atoms with Gasteiger partial charge in [0.2, 0.25) is 5.91 Å². The number of nitrogens with one attached hydrogen (secondary N) is 1. The fraction of sp³-hybridized carbons (Fsp3) is 0.323. The summed E-state index contributed by atoms with van der Waals surface area (Å²) in [5.74, 6) is 0.303. The molecule has 3 aromatic rings. The third-order valence-corrected chi connectivity index (χ3v) is 6.59. The van der Waals surface area contributed by atoms with Crippen LogP contribution in [0.25, 0.3) is 0 Å². The van der Waals surface area contributed by atoms with Crippen molar-refractivity contribution in [1.29, 1.82) is 0 Å². The summed E-state index contributed by atoms with van der Waals surface area (Å²) in [6, 6.07) is 20.0. The van der Waals surface area contributed by atoms with Crippen molar-refractivity contribution >= 4 is 29.2 Å². The third-order valence-electron chi connectivity index (χ3n) is 6.59. The predicted octanol–water partition coefficient (Wildman–Crippen LogP) is 5.33. The molecule has 0 saturated carbocycles. The van der Waals surface area contributed by atoms with E-state index in [0.717, 1.165) is 5.75 Å². The minimum atomic E-state index is -0.677. The number of carbonyl (C=O) groups excluding carboxylic acids is 3. The molecule has 0 spiro atoms. The van der Waals surface area contributed by atoms with Crippen molar-refractivity contribution in [1.82, 2.24) is 0 Å². The molecule has 0 bridgehead atoms. The minimum Gasteiger partial charge on any atom is -0.497 e. The highest BCUT2D eigenvalue weighted by atomic mass is 16.5. The zero-order valence-corrected chi connectivity index (χ0v) is 23.4. The summed E-state index contributed by atoms with van der Waals surface area (Å²) in [6.45, 7) is 6.14. The molecule has 1 aliphatic rings. The van der Waals surface area contributed by atoms with E-state index in [0.29, 0.717) is 28.6 Å². The topological polar surface area (TPSA) is 103 Å². The molecule has 1 aliphatic heterocycles. The molecule has 40 heavy (non-hydrogen) atoms. The number of hydrogen-bond donors (Lipinski definition) is 1. The smallest absolute Gasteiger partial charge is 0.311 e. The molecule has 1 heterocycles. The molecule has 0 aromatic heterocycles. The summed E-state index contributed by atoms with van der Waals surface area (Å²) in [4.78, 5) is 39.3. The first-order valence-electron chi connectivity index (χ1n) is 12.9. The van der Waals surface area contributed by atoms with E-state index >= 15 is 0 Å². The molecule has 1 fully saturated rings. The number of carbonyl (C=O) groups is 3. The summed E-state index contributed by atoms with van der Waals surface area (Å²) in [5.41, 5.74) is 2.32. The van der Waals surface area contributed by atoms with Gasteiger partial charge in [0.1, 0.15) is 23.0 Å². The standard InChI is InChI=1S/C31H34N2O7/c1-31(2,3)21-6-10-23(11-7-21)40-24-12-8-22(9-13-24)33-18-20(16-29(33)35)30(36)39-19-28(34)32-26-17-25(37-4)14-15-27(26)38-5/h6-15,17,20H,16,18-19H2,1-5H3,(H,32,34)/t20-/m0/s1. The number of amides is 2. The first-order chi connectivity index (χ1) is 19.1. The van der Waals surface area contributed by atoms with E-state index in [2.05, 4.69) is 26.1 Å². The van der Waals surface area contributed by atoms with Crippen molar-refractivity contribution in [2.45, 2.75) is 32.6 Å². The highest BCUT2D eigenvalue weighted by molar-refractivity contribution is 6.00. The van der Waals surface area contributed by atoms with Crippen LogP contribution < -0.4 is 24.4 Å². The summed E-state index contributed by atoms with van der Waals surface area (Å²) in [7, 11) is 2.99. The fourth-order valence-corrected chi connectivity index (χ4v) is 4.32. The SMILES string of the molecule is COc1ccc(OC)c(NC(=O)COC(=O)[C@H]2CC(=O)N(c3ccc(Oc4ccc(C(C)(C)C)cc4)cc3)C2)c1. The van der Waals surface area contributed by atoms with E-state index in [1.807, 2.05) is 24.3 Å². The maximum atomic E-state index is 12.7. The van der Waals surface area contributed by atoms with E-state index in [9.17, 15) is 14.4 Å². The zero-order valence-electron chi connectivity index (χ0n) is 23.4. The van der Waals surface area contributed by atoms with E-state index in [1.54, 1.807) is 42.5 Å². The second-order valence-corrected chi connectivity index (χ2v) is 10.5. The van der Waals surface area contributed by atoms with Gasteiger partial charge in [-0.15, -0.1) is 0 Å². The number of methoxy groups -OCH3 is 2. The van der Waals surface area contributed by atoms with Crippen molar-refractivity contribution in [2.24, 2.45) is 5.92 Å². The lowest BCUT2D eigenvalue weighted by atomic mass is 9.87. The molecule has 4 rings (SSSR count). The largest absolute Gasteiger partial charge is 0.497 e. The zero-order chi connectivity index (χ0) is 28.9. The molecule has 2 amide bonds. The van der Waals surface area contributed by atoms with Gasteiger partial charge in [0.25, 0.3) is 5.91 Å². The molecule has 0 aliphatic carbocycles. The van der Waals surface area contributed by atoms with Crippen molar-refractivity contribution < 1.29 is 33.3 Å². The Kier molecular flexibility index (Phi) is 8.62. The van der Waals surface area contributed by atoms with E-state index in [4.69, 9.17) is 18.9 Å². The highest BCUT2D eigenvalue weighted by Crippen LogP contribution is 2.31. The molecule has 3 aromatic carbocycles. The van der Waals surface area contributed by atoms with Crippen molar-refractivity contribution in [3.63, 3.8) is 0 Å². The van der Waals surface area contributed by atoms with Gasteiger partial charge in [0, 0.05) is 24.7 Å². The second kappa shape index (κ2) is 12.1. The molecular weight excluding hydrogens is 512 g/mol. The van der Waals surface area contributed by atoms with Crippen molar-refractivity contribution in [3.05, 3.63) is 72.3 Å². The lowest BCUT2D eigenvalue weighted by Crippen LogP contribution is -2.28. The number of nitrogens with zero attached hydrogens (tertiary/aromatic N) is 1. The lowest BCUT2D eigenvalue weighted by molar-refractivity contribution is -0.151. The number of anilines is 2. The molecular formula is C31H34N2O7. The minimum absolute atomic E-state index is 0.00252. The Balaban J connectivity index is 1.30. The van der Waals surface area contributed by atoms with Crippen molar-refractivity contribution in [3.8, 4) is 23.0 Å². The molecule has 0 unspecified atom stereocenters. The summed E-state index contributed by atoms with van der Waals surface area (Å²) in [6.07, 6.45) is 0.00252. The summed E-state index contributed by atoms with van der Waals surface area (Å²) in [5, 5.41) is 2.65. The molecule has 1 atom stereocenters. The van der Waals surface area contributed by atoms with Gasteiger partial charge in [-0.25, -0.2) is 0 Å². The van der Waals surface area contributed by atoms with Crippen LogP contribution in [0.15, 0.2) is 66.7 Å². The Morgan fingerprint density at radius 2 is 1.52 bits per heavy atom. The molecule has 9 nitrogen and oxygen atoms in total. The van der Waals surface area contributed by atoms with Crippen molar-refractivity contribution in [2.75, 3.05) is 37.6 Å². The number of hydrogen-bond acceptors (Lipinski definition) is 7. The van der Waals surface area contributed by atoms with Crippen LogP contribution in [0.1, 0.15) is 32.8 Å². The normalized spacial score (nSPS) is 15.0. The maximum Gasteiger partial charge on any atom is 0.311 e. The number of esters is 1. The van der Waals surface area contributed by atoms with Crippen LogP contribution in [0.3, 0.4) is 0 Å². The number of benzene rings is 3. The number of ether oxygens (including phenoxy) is 4. The van der Waals surface area contributed by atoms with Gasteiger partial charge in [-0.05, 0) is 59.5 Å². The monoisotopic (exact) mass is 546 g/mol. The van der Waals surface area contributed by atoms with Crippen LogP contribution in [0, 0.1) is 5.92 Å². The Bertz CT molecular complexity index is 1360. The molecule has 1 N–H and O–H groups in total. The Morgan fingerprint density at radius 1 is 0.900 bits per heavy atom. The highest BCUT2D eigenvalue weighted by Gasteiger charge is 2.36. The maximum absolute atomic E-state index is 12.7. The van der Waals surface area contributed by atoms with Gasteiger partial charge in [0.15, 0.2) is 6.61 Å². The molecule has 9 heteroatoms. The van der Waals surface area contributed by atoms with Crippen LogP contribution in [-0.4, -0.2) is 45.2 Å². The van der Waals surface area contributed by atoms with Crippen LogP contribution in [0.2, 0.25) is 0 Å². The first kappa shape index (κ1) is 28.5. The molecule has 0 radical (unpaired) electrons.